The Kier molecular flexibility index (Phi) is 6.53. The first kappa shape index (κ1) is 26.1. The monoisotopic (exact) mass is 551 g/mol. The molecule has 206 valence electrons. The third-order valence-corrected chi connectivity index (χ3v) is 10.4. The molecule has 2 fully saturated rings. The molecule has 6 rings (SSSR count). The summed E-state index contributed by atoms with van der Waals surface area (Å²) in [5, 5.41) is 18.8. The van der Waals surface area contributed by atoms with Crippen LogP contribution < -0.4 is 0 Å². The van der Waals surface area contributed by atoms with E-state index in [1.54, 1.807) is 14.5 Å². The lowest BCUT2D eigenvalue weighted by Gasteiger charge is -2.39. The average Bonchev–Trinajstić information content (AvgIpc) is 3.50. The molecule has 1 aromatic carbocycles. The zero-order valence-electron chi connectivity index (χ0n) is 22.1. The molecule has 2 amide bonds. The van der Waals surface area contributed by atoms with Gasteiger partial charge in [0.1, 0.15) is 18.2 Å². The van der Waals surface area contributed by atoms with Crippen LogP contribution in [-0.4, -0.2) is 89.0 Å². The molecule has 6 atom stereocenters. The number of carbonyl (C=O) groups excluding carboxylic acids is 3. The van der Waals surface area contributed by atoms with E-state index >= 15 is 0 Å². The maximum Gasteiger partial charge on any atom is 0.311 e. The maximum atomic E-state index is 14.5. The highest BCUT2D eigenvalue weighted by Crippen LogP contribution is 2.65. The van der Waals surface area contributed by atoms with Gasteiger partial charge in [-0.25, -0.2) is 4.68 Å². The van der Waals surface area contributed by atoms with E-state index in [4.69, 9.17) is 4.74 Å². The molecule has 39 heavy (non-hydrogen) atoms. The van der Waals surface area contributed by atoms with Crippen LogP contribution in [0.4, 0.5) is 0 Å². The molecule has 4 aliphatic heterocycles. The zero-order chi connectivity index (χ0) is 27.4. The van der Waals surface area contributed by atoms with Crippen molar-refractivity contribution in [2.24, 2.45) is 11.8 Å². The number of fused-ring (bicyclic) bond motifs is 3. The molecule has 2 saturated heterocycles. The highest BCUT2D eigenvalue weighted by molar-refractivity contribution is 8.02. The van der Waals surface area contributed by atoms with Gasteiger partial charge in [-0.1, -0.05) is 48.6 Å². The molecular weight excluding hydrogens is 518 g/mol. The Bertz CT molecular complexity index is 1370. The normalized spacial score (nSPS) is 34.0. The Labute approximate surface area is 231 Å². The summed E-state index contributed by atoms with van der Waals surface area (Å²) in [5.74, 6) is -2.46. The van der Waals surface area contributed by atoms with Gasteiger partial charge in [0, 0.05) is 11.3 Å². The summed E-state index contributed by atoms with van der Waals surface area (Å²) in [6.45, 7) is 4.36. The number of cyclic esters (lactones) is 1. The van der Waals surface area contributed by atoms with E-state index in [-0.39, 0.29) is 25.1 Å². The Morgan fingerprint density at radius 3 is 2.77 bits per heavy atom. The van der Waals surface area contributed by atoms with Gasteiger partial charge < -0.3 is 19.6 Å². The number of hydrogen-bond acceptors (Lipinski definition) is 8. The quantitative estimate of drug-likeness (QED) is 0.444. The first-order valence-corrected chi connectivity index (χ1v) is 14.4. The van der Waals surface area contributed by atoms with Crippen LogP contribution in [0.25, 0.3) is 11.0 Å². The van der Waals surface area contributed by atoms with E-state index in [1.165, 1.54) is 11.8 Å². The van der Waals surface area contributed by atoms with Gasteiger partial charge in [-0.2, -0.15) is 0 Å². The van der Waals surface area contributed by atoms with Crippen molar-refractivity contribution < 1.29 is 24.2 Å². The Hall–Kier alpha value is -3.18. The summed E-state index contributed by atoms with van der Waals surface area (Å²) >= 11 is 1.51. The second kappa shape index (κ2) is 9.78. The summed E-state index contributed by atoms with van der Waals surface area (Å²) in [6.07, 6.45) is 9.96. The van der Waals surface area contributed by atoms with E-state index < -0.39 is 39.4 Å². The number of aromatic nitrogens is 3. The highest BCUT2D eigenvalue weighted by atomic mass is 32.2. The summed E-state index contributed by atoms with van der Waals surface area (Å²) in [5.41, 5.74) is 1.53. The minimum absolute atomic E-state index is 0.159. The van der Waals surface area contributed by atoms with Crippen LogP contribution in [0.1, 0.15) is 33.1 Å². The number of amides is 2. The molecule has 1 spiro atoms. The fraction of sp³-hybridized carbons (Fsp3) is 0.536. The van der Waals surface area contributed by atoms with Gasteiger partial charge in [-0.15, -0.1) is 16.9 Å². The van der Waals surface area contributed by atoms with Crippen molar-refractivity contribution in [1.82, 2.24) is 24.8 Å². The van der Waals surface area contributed by atoms with Gasteiger partial charge in [0.25, 0.3) is 0 Å². The van der Waals surface area contributed by atoms with Crippen molar-refractivity contribution in [2.75, 3.05) is 19.8 Å². The minimum Gasteiger partial charge on any atom is -0.465 e. The Morgan fingerprint density at radius 1 is 1.15 bits per heavy atom. The standard InChI is InChI=1S/C28H33N5O5S/c1-3-18(16-34)33-23-25(36)31(17-32-20-11-6-5-10-19(20)29-30-32)14-9-13-28(23)21(24(33)35)22-26(37)38-15-8-4-7-12-27(22,2)39-28/h5-7,9-13,18,21-23,34H,3-4,8,14-17H2,1-2H3/b12-7-/t18-,21-,22-,23?,27+,28-/m0/s1. The number of aliphatic hydroxyl groups is 1. The van der Waals surface area contributed by atoms with Crippen LogP contribution in [0, 0.1) is 11.8 Å². The number of carbonyl (C=O) groups is 3. The molecule has 1 aromatic heterocycles. The molecule has 0 saturated carbocycles. The van der Waals surface area contributed by atoms with Gasteiger partial charge >= 0.3 is 5.97 Å². The number of nitrogens with zero attached hydrogens (tertiary/aromatic N) is 5. The lowest BCUT2D eigenvalue weighted by molar-refractivity contribution is -0.154. The van der Waals surface area contributed by atoms with Crippen LogP contribution in [0.2, 0.25) is 0 Å². The van der Waals surface area contributed by atoms with Crippen LogP contribution in [0.5, 0.6) is 0 Å². The van der Waals surface area contributed by atoms with Gasteiger partial charge in [-0.3, -0.25) is 14.4 Å². The van der Waals surface area contributed by atoms with Gasteiger partial charge in [0.2, 0.25) is 11.8 Å². The van der Waals surface area contributed by atoms with Crippen LogP contribution in [0.3, 0.4) is 0 Å². The van der Waals surface area contributed by atoms with Crippen molar-refractivity contribution in [2.45, 2.75) is 61.4 Å². The van der Waals surface area contributed by atoms with Crippen LogP contribution in [0.15, 0.2) is 48.6 Å². The maximum absolute atomic E-state index is 14.5. The number of thioether (sulfide) groups is 1. The number of ether oxygens (including phenoxy) is 1. The van der Waals surface area contributed by atoms with Crippen molar-refractivity contribution in [3.05, 3.63) is 48.6 Å². The van der Waals surface area contributed by atoms with Crippen molar-refractivity contribution in [3.8, 4) is 0 Å². The second-order valence-corrected chi connectivity index (χ2v) is 12.7. The predicted octanol–water partition coefficient (Wildman–Crippen LogP) is 2.14. The molecule has 0 bridgehead atoms. The SMILES string of the molecule is CC[C@@H](CO)N1C(=O)[C@@H]2[C@H]3C(=O)OCCC/C=C\[C@@]3(C)S[C@@]23C=CCN(Cn2nnc4ccccc42)C(=O)C13. The van der Waals surface area contributed by atoms with Crippen molar-refractivity contribution in [1.29, 1.82) is 0 Å². The van der Waals surface area contributed by atoms with E-state index in [2.05, 4.69) is 16.4 Å². The van der Waals surface area contributed by atoms with Gasteiger partial charge in [0.05, 0.1) is 41.4 Å². The Morgan fingerprint density at radius 2 is 1.97 bits per heavy atom. The zero-order valence-corrected chi connectivity index (χ0v) is 22.9. The minimum atomic E-state index is -0.988. The van der Waals surface area contributed by atoms with Crippen LogP contribution >= 0.6 is 11.8 Å². The van der Waals surface area contributed by atoms with E-state index in [9.17, 15) is 19.5 Å². The molecule has 11 heteroatoms. The lowest BCUT2D eigenvalue weighted by atomic mass is 9.74. The number of esters is 1. The molecular formula is C28H33N5O5S. The molecule has 1 unspecified atom stereocenters. The summed E-state index contributed by atoms with van der Waals surface area (Å²) < 4.78 is 5.63. The number of likely N-dealkylation sites (tertiary alicyclic amines) is 1. The summed E-state index contributed by atoms with van der Waals surface area (Å²) in [7, 11) is 0. The Balaban J connectivity index is 1.45. The summed E-state index contributed by atoms with van der Waals surface area (Å²) in [6, 6.07) is 6.11. The number of aliphatic hydroxyl groups excluding tert-OH is 1. The molecule has 5 heterocycles. The van der Waals surface area contributed by atoms with E-state index in [0.717, 1.165) is 23.9 Å². The second-order valence-electron chi connectivity index (χ2n) is 10.9. The fourth-order valence-corrected chi connectivity index (χ4v) is 8.88. The lowest BCUT2D eigenvalue weighted by Crippen LogP contribution is -2.56. The summed E-state index contributed by atoms with van der Waals surface area (Å²) in [4.78, 5) is 45.6. The van der Waals surface area contributed by atoms with Crippen molar-refractivity contribution in [3.63, 3.8) is 0 Å². The average molecular weight is 552 g/mol. The van der Waals surface area contributed by atoms with Gasteiger partial charge in [0.15, 0.2) is 0 Å². The number of rotatable bonds is 5. The van der Waals surface area contributed by atoms with E-state index in [0.29, 0.717) is 19.6 Å². The number of para-hydroxylation sites is 1. The number of allylic oxidation sites excluding steroid dienone is 1. The van der Waals surface area contributed by atoms with Gasteiger partial charge in [-0.05, 0) is 38.3 Å². The third kappa shape index (κ3) is 3.92. The first-order valence-electron chi connectivity index (χ1n) is 13.6. The number of hydrogen-bond donors (Lipinski definition) is 1. The largest absolute Gasteiger partial charge is 0.465 e. The smallest absolute Gasteiger partial charge is 0.311 e. The number of benzene rings is 1. The van der Waals surface area contributed by atoms with Crippen LogP contribution in [-0.2, 0) is 25.8 Å². The molecule has 0 aliphatic carbocycles. The topological polar surface area (TPSA) is 118 Å². The predicted molar refractivity (Wildman–Crippen MR) is 145 cm³/mol. The molecule has 0 radical (unpaired) electrons. The third-order valence-electron chi connectivity index (χ3n) is 8.57. The van der Waals surface area contributed by atoms with E-state index in [1.807, 2.05) is 56.3 Å². The molecule has 4 aliphatic rings. The fourth-order valence-electron chi connectivity index (χ4n) is 6.74. The van der Waals surface area contributed by atoms with Crippen molar-refractivity contribution >= 4 is 40.6 Å². The molecule has 2 aromatic rings. The first-order chi connectivity index (χ1) is 18.8. The molecule has 1 N–H and O–H groups in total. The molecule has 10 nitrogen and oxygen atoms in total. The highest BCUT2D eigenvalue weighted by Gasteiger charge is 2.74.